The third kappa shape index (κ3) is 3.86. The molecule has 0 aromatic heterocycles. The van der Waals surface area contributed by atoms with Gasteiger partial charge in [0, 0.05) is 6.54 Å². The monoisotopic (exact) mass is 233 g/mol. The number of esters is 1. The smallest absolute Gasteiger partial charge is 0.310 e. The molecule has 0 saturated carbocycles. The highest BCUT2D eigenvalue weighted by Gasteiger charge is 2.20. The summed E-state index contributed by atoms with van der Waals surface area (Å²) in [6.45, 7) is 1.97. The van der Waals surface area contributed by atoms with Gasteiger partial charge < -0.3 is 9.64 Å². The van der Waals surface area contributed by atoms with Crippen LogP contribution in [0.1, 0.15) is 18.4 Å². The second-order valence-corrected chi connectivity index (χ2v) is 4.68. The van der Waals surface area contributed by atoms with Crippen LogP contribution in [0.4, 0.5) is 0 Å². The van der Waals surface area contributed by atoms with Crippen molar-refractivity contribution in [3.8, 4) is 0 Å². The molecule has 1 fully saturated rings. The van der Waals surface area contributed by atoms with Crippen molar-refractivity contribution in [1.82, 2.24) is 4.90 Å². The van der Waals surface area contributed by atoms with Crippen molar-refractivity contribution in [1.29, 1.82) is 0 Å². The summed E-state index contributed by atoms with van der Waals surface area (Å²) in [5.74, 6) is -0.114. The Morgan fingerprint density at radius 2 is 2.18 bits per heavy atom. The molecule has 1 aromatic carbocycles. The number of likely N-dealkylation sites (N-methyl/N-ethyl adjacent to an activating group) is 1. The van der Waals surface area contributed by atoms with Crippen molar-refractivity contribution in [2.75, 3.05) is 20.1 Å². The number of likely N-dealkylation sites (tertiary alicyclic amines) is 1. The highest BCUT2D eigenvalue weighted by molar-refractivity contribution is 5.72. The van der Waals surface area contributed by atoms with Gasteiger partial charge in [0.05, 0.1) is 6.42 Å². The third-order valence-electron chi connectivity index (χ3n) is 3.07. The molecule has 0 bridgehead atoms. The van der Waals surface area contributed by atoms with Gasteiger partial charge in [-0.25, -0.2) is 0 Å². The Bertz CT molecular complexity index is 364. The van der Waals surface area contributed by atoms with Crippen LogP contribution in [0.15, 0.2) is 30.3 Å². The van der Waals surface area contributed by atoms with Crippen LogP contribution in [0.2, 0.25) is 0 Å². The van der Waals surface area contributed by atoms with E-state index >= 15 is 0 Å². The molecular weight excluding hydrogens is 214 g/mol. The van der Waals surface area contributed by atoms with Gasteiger partial charge in [-0.3, -0.25) is 4.79 Å². The van der Waals surface area contributed by atoms with Gasteiger partial charge in [0.15, 0.2) is 0 Å². The van der Waals surface area contributed by atoms with Crippen molar-refractivity contribution < 1.29 is 9.53 Å². The van der Waals surface area contributed by atoms with E-state index < -0.39 is 0 Å². The molecule has 1 aromatic rings. The van der Waals surface area contributed by atoms with Crippen LogP contribution in [0.25, 0.3) is 0 Å². The van der Waals surface area contributed by atoms with Crippen LogP contribution >= 0.6 is 0 Å². The fourth-order valence-corrected chi connectivity index (χ4v) is 2.21. The summed E-state index contributed by atoms with van der Waals surface area (Å²) in [5.41, 5.74) is 1.02. The van der Waals surface area contributed by atoms with E-state index in [0.717, 1.165) is 31.5 Å². The maximum Gasteiger partial charge on any atom is 0.310 e. The predicted octanol–water partition coefficient (Wildman–Crippen LogP) is 1.87. The predicted molar refractivity (Wildman–Crippen MR) is 66.8 cm³/mol. The number of carbonyl (C=O) groups is 1. The number of ether oxygens (including phenoxy) is 1. The number of nitrogens with zero attached hydrogens (tertiary/aromatic N) is 1. The Balaban J connectivity index is 1.81. The number of rotatable bonds is 3. The molecule has 1 aliphatic rings. The minimum Gasteiger partial charge on any atom is -0.461 e. The summed E-state index contributed by atoms with van der Waals surface area (Å²) >= 11 is 0. The van der Waals surface area contributed by atoms with Crippen molar-refractivity contribution in [3.05, 3.63) is 35.9 Å². The van der Waals surface area contributed by atoms with Crippen molar-refractivity contribution in [2.24, 2.45) is 0 Å². The summed E-state index contributed by atoms with van der Waals surface area (Å²) in [5, 5.41) is 0. The summed E-state index contributed by atoms with van der Waals surface area (Å²) < 4.78 is 5.49. The zero-order chi connectivity index (χ0) is 12.1. The van der Waals surface area contributed by atoms with Gasteiger partial charge in [-0.05, 0) is 32.0 Å². The molecule has 3 heteroatoms. The van der Waals surface area contributed by atoms with E-state index in [9.17, 15) is 4.79 Å². The third-order valence-corrected chi connectivity index (χ3v) is 3.07. The molecule has 0 spiro atoms. The van der Waals surface area contributed by atoms with E-state index in [1.807, 2.05) is 30.3 Å². The Morgan fingerprint density at radius 1 is 1.41 bits per heavy atom. The Hall–Kier alpha value is -1.35. The van der Waals surface area contributed by atoms with Crippen LogP contribution in [-0.2, 0) is 16.0 Å². The molecule has 0 radical (unpaired) electrons. The fraction of sp³-hybridized carbons (Fsp3) is 0.500. The van der Waals surface area contributed by atoms with Crippen LogP contribution < -0.4 is 0 Å². The van der Waals surface area contributed by atoms with Crippen LogP contribution in [0, 0.1) is 0 Å². The molecule has 0 amide bonds. The van der Waals surface area contributed by atoms with E-state index in [2.05, 4.69) is 11.9 Å². The first-order chi connectivity index (χ1) is 8.24. The number of hydrogen-bond acceptors (Lipinski definition) is 3. The standard InChI is InChI=1S/C14H19NO2/c1-15-9-5-8-13(11-15)17-14(16)10-12-6-3-2-4-7-12/h2-4,6-7,13H,5,8-11H2,1H3/t13-/m1/s1. The second-order valence-electron chi connectivity index (χ2n) is 4.68. The van der Waals surface area contributed by atoms with Crippen LogP contribution in [0.3, 0.4) is 0 Å². The van der Waals surface area contributed by atoms with E-state index in [-0.39, 0.29) is 12.1 Å². The summed E-state index contributed by atoms with van der Waals surface area (Å²) in [7, 11) is 2.07. The summed E-state index contributed by atoms with van der Waals surface area (Å²) in [6.07, 6.45) is 2.55. The average Bonchev–Trinajstić information content (AvgIpc) is 2.30. The Kier molecular flexibility index (Phi) is 4.15. The zero-order valence-electron chi connectivity index (χ0n) is 10.3. The second kappa shape index (κ2) is 5.82. The highest BCUT2D eigenvalue weighted by Crippen LogP contribution is 2.12. The average molecular weight is 233 g/mol. The van der Waals surface area contributed by atoms with E-state index in [4.69, 9.17) is 4.74 Å². The van der Waals surface area contributed by atoms with Crippen molar-refractivity contribution >= 4 is 5.97 Å². The molecule has 2 rings (SSSR count). The van der Waals surface area contributed by atoms with E-state index in [1.165, 1.54) is 0 Å². The topological polar surface area (TPSA) is 29.5 Å². The number of hydrogen-bond donors (Lipinski definition) is 0. The normalized spacial score (nSPS) is 21.1. The summed E-state index contributed by atoms with van der Waals surface area (Å²) in [4.78, 5) is 14.0. The minimum absolute atomic E-state index is 0.0740. The number of benzene rings is 1. The molecule has 1 atom stereocenters. The van der Waals surface area contributed by atoms with Crippen molar-refractivity contribution in [2.45, 2.75) is 25.4 Å². The van der Waals surface area contributed by atoms with Gasteiger partial charge in [0.25, 0.3) is 0 Å². The SMILES string of the molecule is CN1CCC[C@@H](OC(=O)Cc2ccccc2)C1. The van der Waals surface area contributed by atoms with Gasteiger partial charge in [-0.1, -0.05) is 30.3 Å². The molecule has 0 unspecified atom stereocenters. The molecule has 17 heavy (non-hydrogen) atoms. The van der Waals surface area contributed by atoms with E-state index in [0.29, 0.717) is 6.42 Å². The maximum atomic E-state index is 11.7. The first-order valence-corrected chi connectivity index (χ1v) is 6.16. The molecule has 0 N–H and O–H groups in total. The lowest BCUT2D eigenvalue weighted by molar-refractivity contribution is -0.150. The largest absolute Gasteiger partial charge is 0.461 e. The molecule has 3 nitrogen and oxygen atoms in total. The van der Waals surface area contributed by atoms with E-state index in [1.54, 1.807) is 0 Å². The van der Waals surface area contributed by atoms with Gasteiger partial charge in [0.2, 0.25) is 0 Å². The lowest BCUT2D eigenvalue weighted by Crippen LogP contribution is -2.38. The Labute approximate surface area is 102 Å². The molecular formula is C14H19NO2. The molecule has 1 saturated heterocycles. The first-order valence-electron chi connectivity index (χ1n) is 6.16. The molecule has 92 valence electrons. The minimum atomic E-state index is -0.114. The summed E-state index contributed by atoms with van der Waals surface area (Å²) in [6, 6.07) is 9.74. The zero-order valence-corrected chi connectivity index (χ0v) is 10.3. The van der Waals surface area contributed by atoms with Crippen molar-refractivity contribution in [3.63, 3.8) is 0 Å². The highest BCUT2D eigenvalue weighted by atomic mass is 16.5. The Morgan fingerprint density at radius 3 is 2.88 bits per heavy atom. The maximum absolute atomic E-state index is 11.7. The van der Waals surface area contributed by atoms with Crippen LogP contribution in [0.5, 0.6) is 0 Å². The molecule has 1 heterocycles. The number of piperidine rings is 1. The lowest BCUT2D eigenvalue weighted by atomic mass is 10.1. The van der Waals surface area contributed by atoms with Gasteiger partial charge in [-0.15, -0.1) is 0 Å². The lowest BCUT2D eigenvalue weighted by Gasteiger charge is -2.29. The van der Waals surface area contributed by atoms with Gasteiger partial charge in [0.1, 0.15) is 6.10 Å². The quantitative estimate of drug-likeness (QED) is 0.746. The number of carbonyl (C=O) groups excluding carboxylic acids is 1. The van der Waals surface area contributed by atoms with Gasteiger partial charge in [-0.2, -0.15) is 0 Å². The fourth-order valence-electron chi connectivity index (χ4n) is 2.21. The van der Waals surface area contributed by atoms with Gasteiger partial charge >= 0.3 is 5.97 Å². The first kappa shape index (κ1) is 12.1. The van der Waals surface area contributed by atoms with Crippen LogP contribution in [-0.4, -0.2) is 37.1 Å². The molecule has 1 aliphatic heterocycles. The molecule has 0 aliphatic carbocycles.